The number of hydrogen-bond donors (Lipinski definition) is 4. The summed E-state index contributed by atoms with van der Waals surface area (Å²) in [5.41, 5.74) is 1.05. The van der Waals surface area contributed by atoms with Crippen molar-refractivity contribution in [2.45, 2.75) is 44.7 Å². The summed E-state index contributed by atoms with van der Waals surface area (Å²) in [7, 11) is 0. The van der Waals surface area contributed by atoms with Crippen LogP contribution in [0.25, 0.3) is 0 Å². The van der Waals surface area contributed by atoms with Gasteiger partial charge >= 0.3 is 6.03 Å². The molecule has 0 spiro atoms. The van der Waals surface area contributed by atoms with Crippen molar-refractivity contribution in [3.63, 3.8) is 0 Å². The van der Waals surface area contributed by atoms with Crippen molar-refractivity contribution in [3.05, 3.63) is 49.3 Å². The van der Waals surface area contributed by atoms with Gasteiger partial charge < -0.3 is 16.0 Å². The number of thiazole rings is 1. The van der Waals surface area contributed by atoms with Gasteiger partial charge in [0, 0.05) is 13.0 Å². The summed E-state index contributed by atoms with van der Waals surface area (Å²) < 4.78 is 0.765. The molecule has 176 valence electrons. The highest BCUT2D eigenvalue weighted by atomic mass is 79.9. The van der Waals surface area contributed by atoms with E-state index in [1.165, 1.54) is 0 Å². The maximum absolute atomic E-state index is 12.7. The van der Waals surface area contributed by atoms with E-state index < -0.39 is 29.4 Å². The number of rotatable bonds is 9. The van der Waals surface area contributed by atoms with Crippen LogP contribution in [0.5, 0.6) is 0 Å². The van der Waals surface area contributed by atoms with Crippen LogP contribution in [0.3, 0.4) is 0 Å². The van der Waals surface area contributed by atoms with Crippen LogP contribution in [0, 0.1) is 6.92 Å². The minimum atomic E-state index is -1.02. The molecule has 3 rings (SSSR count). The second kappa shape index (κ2) is 10.6. The highest BCUT2D eigenvalue weighted by Crippen LogP contribution is 2.28. The van der Waals surface area contributed by atoms with Crippen LogP contribution in [-0.4, -0.2) is 40.8 Å². The third kappa shape index (κ3) is 6.52. The summed E-state index contributed by atoms with van der Waals surface area (Å²) in [6.07, 6.45) is 0.900. The molecule has 33 heavy (non-hydrogen) atoms. The lowest BCUT2D eigenvalue weighted by Crippen LogP contribution is -2.43. The van der Waals surface area contributed by atoms with Gasteiger partial charge in [0.15, 0.2) is 10.2 Å². The molecule has 1 aromatic carbocycles. The van der Waals surface area contributed by atoms with Gasteiger partial charge in [-0.25, -0.2) is 9.78 Å². The molecule has 12 heteroatoms. The molecule has 0 radical (unpaired) electrons. The van der Waals surface area contributed by atoms with Crippen LogP contribution in [-0.2, 0) is 9.59 Å². The molecule has 2 atom stereocenters. The number of hydrogen-bond acceptors (Lipinski definition) is 6. The number of halogens is 2. The lowest BCUT2D eigenvalue weighted by Gasteiger charge is -2.21. The second-order valence-corrected chi connectivity index (χ2v) is 10.8. The Kier molecular flexibility index (Phi) is 8.09. The molecule has 0 bridgehead atoms. The third-order valence-electron chi connectivity index (χ3n) is 5.26. The van der Waals surface area contributed by atoms with Crippen LogP contribution < -0.4 is 21.3 Å². The Labute approximate surface area is 208 Å². The minimum absolute atomic E-state index is 0.164. The smallest absolute Gasteiger partial charge is 0.322 e. The first-order valence-corrected chi connectivity index (χ1v) is 12.2. The molecule has 1 saturated heterocycles. The highest BCUT2D eigenvalue weighted by Gasteiger charge is 2.41. The highest BCUT2D eigenvalue weighted by molar-refractivity contribution is 9.11. The summed E-state index contributed by atoms with van der Waals surface area (Å²) in [6, 6.07) is 6.60. The molecular formula is C21H23BrClN5O4S. The van der Waals surface area contributed by atoms with E-state index in [2.05, 4.69) is 42.2 Å². The number of imide groups is 1. The van der Waals surface area contributed by atoms with E-state index in [0.29, 0.717) is 16.6 Å². The first kappa shape index (κ1) is 25.1. The van der Waals surface area contributed by atoms with E-state index in [1.54, 1.807) is 6.92 Å². The molecule has 2 heterocycles. The van der Waals surface area contributed by atoms with Gasteiger partial charge in [0.1, 0.15) is 9.33 Å². The van der Waals surface area contributed by atoms with Crippen molar-refractivity contribution < 1.29 is 19.2 Å². The van der Waals surface area contributed by atoms with Crippen LogP contribution in [0.2, 0.25) is 4.47 Å². The van der Waals surface area contributed by atoms with E-state index in [1.807, 2.05) is 31.2 Å². The van der Waals surface area contributed by atoms with Gasteiger partial charge in [0.05, 0.1) is 6.04 Å². The Morgan fingerprint density at radius 1 is 1.27 bits per heavy atom. The minimum Gasteiger partial charge on any atom is -0.354 e. The summed E-state index contributed by atoms with van der Waals surface area (Å²) >= 11 is 10.3. The Balaban J connectivity index is 1.59. The Bertz CT molecular complexity index is 1080. The Morgan fingerprint density at radius 3 is 2.55 bits per heavy atom. The van der Waals surface area contributed by atoms with Crippen molar-refractivity contribution in [1.82, 2.24) is 26.3 Å². The average molecular weight is 557 g/mol. The van der Waals surface area contributed by atoms with Gasteiger partial charge in [0.2, 0.25) is 5.91 Å². The number of carbonyl (C=O) groups excluding carboxylic acids is 4. The SMILES string of the molecule is Cc1ccc(C(CNC(=O)CCCC2(C)NC(=O)NC2=O)NC(=O)c2nc(Cl)sc2Br)cc1. The van der Waals surface area contributed by atoms with Crippen LogP contribution in [0.1, 0.15) is 53.8 Å². The number of nitrogens with one attached hydrogen (secondary N) is 4. The van der Waals surface area contributed by atoms with Crippen molar-refractivity contribution in [2.75, 3.05) is 6.54 Å². The molecular weight excluding hydrogens is 534 g/mol. The lowest BCUT2D eigenvalue weighted by atomic mass is 9.95. The fourth-order valence-electron chi connectivity index (χ4n) is 3.36. The van der Waals surface area contributed by atoms with Gasteiger partial charge in [-0.1, -0.05) is 52.8 Å². The summed E-state index contributed by atoms with van der Waals surface area (Å²) in [5, 5.41) is 10.5. The van der Waals surface area contributed by atoms with Gasteiger partial charge in [-0.05, 0) is 48.2 Å². The Morgan fingerprint density at radius 2 is 1.97 bits per heavy atom. The van der Waals surface area contributed by atoms with Crippen molar-refractivity contribution in [3.8, 4) is 0 Å². The topological polar surface area (TPSA) is 129 Å². The van der Waals surface area contributed by atoms with Crippen molar-refractivity contribution >= 4 is 62.6 Å². The van der Waals surface area contributed by atoms with Gasteiger partial charge in [0.25, 0.3) is 11.8 Å². The first-order chi connectivity index (χ1) is 15.6. The zero-order valence-corrected chi connectivity index (χ0v) is 21.1. The first-order valence-electron chi connectivity index (χ1n) is 10.2. The quantitative estimate of drug-likeness (QED) is 0.353. The fourth-order valence-corrected chi connectivity index (χ4v) is 5.20. The second-order valence-electron chi connectivity index (χ2n) is 7.92. The molecule has 2 aromatic rings. The molecule has 5 amide bonds. The number of amides is 5. The molecule has 2 unspecified atom stereocenters. The molecule has 0 aliphatic carbocycles. The monoisotopic (exact) mass is 555 g/mol. The van der Waals surface area contributed by atoms with Crippen molar-refractivity contribution in [2.24, 2.45) is 0 Å². The van der Waals surface area contributed by atoms with E-state index in [9.17, 15) is 19.2 Å². The standard InChI is InChI=1S/C21H23BrClN5O4S/c1-11-5-7-12(8-6-11)13(25-17(30)15-16(22)33-19(23)26-15)10-24-14(29)4-3-9-21(2)18(31)27-20(32)28-21/h5-8,13H,3-4,9-10H2,1-2H3,(H,24,29)(H,25,30)(H2,27,28,31,32). The lowest BCUT2D eigenvalue weighted by molar-refractivity contribution is -0.124. The van der Waals surface area contributed by atoms with Gasteiger partial charge in [-0.3, -0.25) is 19.7 Å². The zero-order valence-electron chi connectivity index (χ0n) is 18.0. The largest absolute Gasteiger partial charge is 0.354 e. The number of aromatic nitrogens is 1. The summed E-state index contributed by atoms with van der Waals surface area (Å²) in [5.74, 6) is -1.04. The van der Waals surface area contributed by atoms with Crippen LogP contribution >= 0.6 is 38.9 Å². The van der Waals surface area contributed by atoms with Gasteiger partial charge in [-0.2, -0.15) is 0 Å². The normalized spacial score (nSPS) is 18.4. The molecule has 4 N–H and O–H groups in total. The molecule has 9 nitrogen and oxygen atoms in total. The van der Waals surface area contributed by atoms with E-state index in [0.717, 1.165) is 22.5 Å². The molecule has 1 aromatic heterocycles. The zero-order chi connectivity index (χ0) is 24.2. The molecule has 1 aliphatic rings. The van der Waals surface area contributed by atoms with Gasteiger partial charge in [-0.15, -0.1) is 0 Å². The van der Waals surface area contributed by atoms with E-state index >= 15 is 0 Å². The van der Waals surface area contributed by atoms with Crippen molar-refractivity contribution in [1.29, 1.82) is 0 Å². The van der Waals surface area contributed by atoms with Crippen LogP contribution in [0.4, 0.5) is 4.79 Å². The van der Waals surface area contributed by atoms with E-state index in [4.69, 9.17) is 11.6 Å². The number of nitrogens with zero attached hydrogens (tertiary/aromatic N) is 1. The maximum Gasteiger partial charge on any atom is 0.322 e. The molecule has 0 saturated carbocycles. The number of aryl methyl sites for hydroxylation is 1. The fraction of sp³-hybridized carbons (Fsp3) is 0.381. The average Bonchev–Trinajstić information content (AvgIpc) is 3.22. The third-order valence-corrected chi connectivity index (χ3v) is 7.07. The predicted octanol–water partition coefficient (Wildman–Crippen LogP) is 3.22. The molecule has 1 aliphatic heterocycles. The Hall–Kier alpha value is -2.50. The summed E-state index contributed by atoms with van der Waals surface area (Å²) in [4.78, 5) is 52.4. The maximum atomic E-state index is 12.7. The number of carbonyl (C=O) groups is 4. The number of urea groups is 1. The van der Waals surface area contributed by atoms with E-state index in [-0.39, 0.29) is 29.0 Å². The molecule has 1 fully saturated rings. The van der Waals surface area contributed by atoms with Crippen LogP contribution in [0.15, 0.2) is 28.1 Å². The number of benzene rings is 1. The summed E-state index contributed by atoms with van der Waals surface area (Å²) in [6.45, 7) is 3.75. The predicted molar refractivity (Wildman–Crippen MR) is 128 cm³/mol.